The summed E-state index contributed by atoms with van der Waals surface area (Å²) < 4.78 is 0. The van der Waals surface area contributed by atoms with Crippen molar-refractivity contribution in [3.63, 3.8) is 0 Å². The fraction of sp³-hybridized carbons (Fsp3) is 0.333. The first-order valence-corrected chi connectivity index (χ1v) is 5.03. The van der Waals surface area contributed by atoms with Crippen molar-refractivity contribution in [2.24, 2.45) is 5.73 Å². The van der Waals surface area contributed by atoms with Crippen LogP contribution in [0.1, 0.15) is 18.7 Å². The molecule has 0 fully saturated rings. The van der Waals surface area contributed by atoms with Crippen LogP contribution in [-0.2, 0) is 0 Å². The number of halogens is 1. The molecule has 0 aliphatic rings. The minimum Gasteiger partial charge on any atom is -0.324 e. The Morgan fingerprint density at radius 2 is 2.42 bits per heavy atom. The van der Waals surface area contributed by atoms with Crippen molar-refractivity contribution in [3.8, 4) is 0 Å². The molecule has 1 heterocycles. The van der Waals surface area contributed by atoms with Gasteiger partial charge in [0.1, 0.15) is 0 Å². The molecule has 1 rings (SSSR count). The topological polar surface area (TPSA) is 26.0 Å². The number of nitrogens with two attached hydrogens (primary N) is 1. The van der Waals surface area contributed by atoms with Gasteiger partial charge in [0.25, 0.3) is 0 Å². The lowest BCUT2D eigenvalue weighted by Crippen LogP contribution is -2.15. The molecule has 1 unspecified atom stereocenters. The summed E-state index contributed by atoms with van der Waals surface area (Å²) in [6, 6.07) is 2.06. The highest BCUT2D eigenvalue weighted by molar-refractivity contribution is 7.11. The molecule has 2 N–H and O–H groups in total. The van der Waals surface area contributed by atoms with E-state index in [1.807, 2.05) is 25.3 Å². The van der Waals surface area contributed by atoms with E-state index in [2.05, 4.69) is 6.08 Å². The third-order valence-corrected chi connectivity index (χ3v) is 2.90. The quantitative estimate of drug-likeness (QED) is 0.782. The van der Waals surface area contributed by atoms with Crippen LogP contribution < -0.4 is 5.73 Å². The van der Waals surface area contributed by atoms with Crippen molar-refractivity contribution < 1.29 is 0 Å². The second-order valence-corrected chi connectivity index (χ2v) is 4.22. The van der Waals surface area contributed by atoms with E-state index in [0.717, 1.165) is 9.90 Å². The summed E-state index contributed by atoms with van der Waals surface area (Å²) in [7, 11) is 0. The van der Waals surface area contributed by atoms with E-state index in [0.29, 0.717) is 0 Å². The van der Waals surface area contributed by atoms with E-state index < -0.39 is 0 Å². The molecule has 1 aromatic heterocycles. The number of hydrogen-bond donors (Lipinski definition) is 1. The third kappa shape index (κ3) is 2.63. The molecule has 1 aromatic rings. The van der Waals surface area contributed by atoms with Crippen LogP contribution in [0.3, 0.4) is 0 Å². The first-order chi connectivity index (χ1) is 5.59. The molecule has 66 valence electrons. The molecule has 1 atom stereocenters. The van der Waals surface area contributed by atoms with Crippen LogP contribution in [-0.4, -0.2) is 6.04 Å². The van der Waals surface area contributed by atoms with Gasteiger partial charge in [-0.05, 0) is 26.0 Å². The molecular formula is C9H12ClNS. The summed E-state index contributed by atoms with van der Waals surface area (Å²) >= 11 is 7.40. The lowest BCUT2D eigenvalue weighted by molar-refractivity contribution is 0.868. The smallest absolute Gasteiger partial charge is 0.0519 e. The molecule has 0 saturated carbocycles. The van der Waals surface area contributed by atoms with E-state index in [1.54, 1.807) is 11.3 Å². The van der Waals surface area contributed by atoms with Gasteiger partial charge in [0.05, 0.1) is 5.02 Å². The highest BCUT2D eigenvalue weighted by atomic mass is 35.5. The van der Waals surface area contributed by atoms with Crippen molar-refractivity contribution >= 4 is 29.0 Å². The lowest BCUT2D eigenvalue weighted by Gasteiger charge is -2.03. The van der Waals surface area contributed by atoms with Gasteiger partial charge in [-0.1, -0.05) is 17.2 Å². The molecular weight excluding hydrogens is 190 g/mol. The zero-order chi connectivity index (χ0) is 9.14. The zero-order valence-electron chi connectivity index (χ0n) is 7.17. The molecule has 0 saturated heterocycles. The van der Waals surface area contributed by atoms with Crippen LogP contribution in [0.25, 0.3) is 6.08 Å². The average molecular weight is 202 g/mol. The minimum absolute atomic E-state index is 0.117. The van der Waals surface area contributed by atoms with Crippen LogP contribution in [0.5, 0.6) is 0 Å². The average Bonchev–Trinajstić information content (AvgIpc) is 2.35. The van der Waals surface area contributed by atoms with E-state index in [-0.39, 0.29) is 6.04 Å². The lowest BCUT2D eigenvalue weighted by atomic mass is 10.1. The van der Waals surface area contributed by atoms with Crippen LogP contribution in [0.15, 0.2) is 17.0 Å². The zero-order valence-corrected chi connectivity index (χ0v) is 8.75. The molecule has 0 aliphatic carbocycles. The summed E-state index contributed by atoms with van der Waals surface area (Å²) in [5, 5.41) is 2.71. The van der Waals surface area contributed by atoms with Crippen LogP contribution in [0, 0.1) is 0 Å². The Hall–Kier alpha value is -0.310. The Balaban J connectivity index is 2.80. The summed E-state index contributed by atoms with van der Waals surface area (Å²) in [5.41, 5.74) is 6.87. The first-order valence-electron chi connectivity index (χ1n) is 3.77. The molecule has 0 bridgehead atoms. The molecule has 0 radical (unpaired) electrons. The molecule has 12 heavy (non-hydrogen) atoms. The molecule has 0 aliphatic heterocycles. The van der Waals surface area contributed by atoms with Gasteiger partial charge in [-0.2, -0.15) is 0 Å². The fourth-order valence-electron chi connectivity index (χ4n) is 0.760. The van der Waals surface area contributed by atoms with Gasteiger partial charge in [-0.15, -0.1) is 11.3 Å². The van der Waals surface area contributed by atoms with E-state index in [9.17, 15) is 0 Å². The van der Waals surface area contributed by atoms with Crippen molar-refractivity contribution in [2.75, 3.05) is 0 Å². The molecule has 0 amide bonds. The number of hydrogen-bond acceptors (Lipinski definition) is 2. The number of thiophene rings is 1. The second-order valence-electron chi connectivity index (χ2n) is 2.84. The minimum atomic E-state index is 0.117. The normalized spacial score (nSPS) is 14.8. The molecule has 0 spiro atoms. The Bertz CT molecular complexity index is 288. The van der Waals surface area contributed by atoms with Crippen LogP contribution in [0.2, 0.25) is 5.02 Å². The predicted molar refractivity (Wildman–Crippen MR) is 56.6 cm³/mol. The van der Waals surface area contributed by atoms with Crippen LogP contribution in [0.4, 0.5) is 0 Å². The summed E-state index contributed by atoms with van der Waals surface area (Å²) in [6.07, 6.45) is 2.07. The number of rotatable bonds is 2. The highest BCUT2D eigenvalue weighted by Gasteiger charge is 1.98. The Kier molecular flexibility index (Phi) is 3.32. The first kappa shape index (κ1) is 9.78. The van der Waals surface area contributed by atoms with Gasteiger partial charge in [0.15, 0.2) is 0 Å². The Morgan fingerprint density at radius 1 is 1.75 bits per heavy atom. The van der Waals surface area contributed by atoms with Gasteiger partial charge in [-0.3, -0.25) is 0 Å². The van der Waals surface area contributed by atoms with Gasteiger partial charge < -0.3 is 5.73 Å². The van der Waals surface area contributed by atoms with E-state index >= 15 is 0 Å². The third-order valence-electron chi connectivity index (χ3n) is 1.68. The molecule has 1 nitrogen and oxygen atoms in total. The second kappa shape index (κ2) is 4.08. The summed E-state index contributed by atoms with van der Waals surface area (Å²) in [6.45, 7) is 4.00. The summed E-state index contributed by atoms with van der Waals surface area (Å²) in [4.78, 5) is 1.16. The van der Waals surface area contributed by atoms with Gasteiger partial charge in [0.2, 0.25) is 0 Å². The maximum absolute atomic E-state index is 5.77. The van der Waals surface area contributed by atoms with Gasteiger partial charge in [-0.25, -0.2) is 0 Å². The molecule has 3 heteroatoms. The SMILES string of the molecule is CC(=Cc1cc(Cl)cs1)C(C)N. The van der Waals surface area contributed by atoms with Crippen molar-refractivity contribution in [3.05, 3.63) is 26.9 Å². The van der Waals surface area contributed by atoms with Crippen LogP contribution >= 0.6 is 22.9 Å². The molecule has 0 aromatic carbocycles. The Morgan fingerprint density at radius 3 is 2.83 bits per heavy atom. The predicted octanol–water partition coefficient (Wildman–Crippen LogP) is 3.15. The van der Waals surface area contributed by atoms with E-state index in [1.165, 1.54) is 5.57 Å². The van der Waals surface area contributed by atoms with Gasteiger partial charge in [0, 0.05) is 16.3 Å². The standard InChI is InChI=1S/C9H12ClNS/c1-6(7(2)11)3-9-4-8(10)5-12-9/h3-5,7H,11H2,1-2H3. The van der Waals surface area contributed by atoms with Crippen molar-refractivity contribution in [1.82, 2.24) is 0 Å². The van der Waals surface area contributed by atoms with Crippen molar-refractivity contribution in [1.29, 1.82) is 0 Å². The highest BCUT2D eigenvalue weighted by Crippen LogP contribution is 2.21. The fourth-order valence-corrected chi connectivity index (χ4v) is 1.84. The largest absolute Gasteiger partial charge is 0.324 e. The van der Waals surface area contributed by atoms with Gasteiger partial charge >= 0.3 is 0 Å². The van der Waals surface area contributed by atoms with Crippen molar-refractivity contribution in [2.45, 2.75) is 19.9 Å². The maximum Gasteiger partial charge on any atom is 0.0519 e. The maximum atomic E-state index is 5.77. The monoisotopic (exact) mass is 201 g/mol. The van der Waals surface area contributed by atoms with E-state index in [4.69, 9.17) is 17.3 Å². The summed E-state index contributed by atoms with van der Waals surface area (Å²) in [5.74, 6) is 0. The Labute approximate surface area is 81.9 Å².